The van der Waals surface area contributed by atoms with E-state index >= 15 is 0 Å². The predicted octanol–water partition coefficient (Wildman–Crippen LogP) is 5.00. The normalized spacial score (nSPS) is 18.4. The topological polar surface area (TPSA) is 0 Å². The third-order valence-corrected chi connectivity index (χ3v) is 4.81. The molecule has 0 aliphatic heterocycles. The highest BCUT2D eigenvalue weighted by atomic mass is 28.3. The van der Waals surface area contributed by atoms with Crippen LogP contribution in [0.4, 0.5) is 0 Å². The van der Waals surface area contributed by atoms with Gasteiger partial charge in [-0.3, -0.25) is 0 Å². The Morgan fingerprint density at radius 2 is 1.44 bits per heavy atom. The molecule has 1 aliphatic rings. The Hall–Kier alpha value is -0.303. The average Bonchev–Trinajstić information content (AvgIpc) is 2.43. The Bertz CT molecular complexity index is 329. The highest BCUT2D eigenvalue weighted by Crippen LogP contribution is 2.46. The van der Waals surface area contributed by atoms with Crippen molar-refractivity contribution >= 4 is 8.80 Å². The number of rotatable bonds is 1. The van der Waals surface area contributed by atoms with Gasteiger partial charge >= 0.3 is 0 Å². The van der Waals surface area contributed by atoms with E-state index in [-0.39, 0.29) is 8.80 Å². The molecule has 0 bridgehead atoms. The summed E-state index contributed by atoms with van der Waals surface area (Å²) < 4.78 is 0. The van der Waals surface area contributed by atoms with Gasteiger partial charge < -0.3 is 0 Å². The molecule has 0 aromatic heterocycles. The lowest BCUT2D eigenvalue weighted by Gasteiger charge is -2.32. The minimum atomic E-state index is -0.332. The third kappa shape index (κ3) is 2.68. The van der Waals surface area contributed by atoms with E-state index in [9.17, 15) is 0 Å². The molecular formula is C15H27Si. The first-order chi connectivity index (χ1) is 7.05. The van der Waals surface area contributed by atoms with Gasteiger partial charge in [0, 0.05) is 0 Å². The van der Waals surface area contributed by atoms with Gasteiger partial charge in [0.2, 0.25) is 0 Å². The second kappa shape index (κ2) is 4.18. The van der Waals surface area contributed by atoms with Crippen LogP contribution in [0.2, 0.25) is 13.1 Å². The Kier molecular flexibility index (Phi) is 3.59. The number of hydrogen-bond acceptors (Lipinski definition) is 0. The summed E-state index contributed by atoms with van der Waals surface area (Å²) in [5.41, 5.74) is 3.95. The van der Waals surface area contributed by atoms with Gasteiger partial charge in [-0.1, -0.05) is 71.5 Å². The minimum absolute atomic E-state index is 0.298. The zero-order chi connectivity index (χ0) is 12.7. The van der Waals surface area contributed by atoms with Gasteiger partial charge in [0.15, 0.2) is 0 Å². The van der Waals surface area contributed by atoms with Gasteiger partial charge in [0.25, 0.3) is 0 Å². The number of hydrogen-bond donors (Lipinski definition) is 0. The molecule has 0 heterocycles. The summed E-state index contributed by atoms with van der Waals surface area (Å²) in [5, 5.41) is 1.68. The quantitative estimate of drug-likeness (QED) is 0.561. The first-order valence-electron chi connectivity index (χ1n) is 6.30. The maximum atomic E-state index is 2.50. The van der Waals surface area contributed by atoms with E-state index < -0.39 is 0 Å². The van der Waals surface area contributed by atoms with E-state index in [2.05, 4.69) is 60.7 Å². The second-order valence-electron chi connectivity index (χ2n) is 7.18. The van der Waals surface area contributed by atoms with Crippen LogP contribution in [0.15, 0.2) is 22.4 Å². The van der Waals surface area contributed by atoms with Crippen molar-refractivity contribution in [2.75, 3.05) is 0 Å². The molecule has 0 nitrogen and oxygen atoms in total. The van der Waals surface area contributed by atoms with Crippen LogP contribution >= 0.6 is 0 Å². The molecule has 0 spiro atoms. The maximum absolute atomic E-state index is 2.50. The minimum Gasteiger partial charge on any atom is -0.0811 e. The molecule has 1 heteroatoms. The van der Waals surface area contributed by atoms with E-state index in [1.807, 2.05) is 0 Å². The smallest absolute Gasteiger partial charge is 0.0791 e. The fourth-order valence-corrected chi connectivity index (χ4v) is 4.10. The maximum Gasteiger partial charge on any atom is 0.0791 e. The van der Waals surface area contributed by atoms with Crippen molar-refractivity contribution in [3.63, 3.8) is 0 Å². The second-order valence-corrected chi connectivity index (χ2v) is 9.71. The van der Waals surface area contributed by atoms with Gasteiger partial charge in [-0.2, -0.15) is 0 Å². The van der Waals surface area contributed by atoms with E-state index in [0.29, 0.717) is 10.8 Å². The van der Waals surface area contributed by atoms with Gasteiger partial charge in [-0.05, 0) is 22.8 Å². The molecule has 0 N–H and O–H groups in total. The molecule has 1 radical (unpaired) electrons. The lowest BCUT2D eigenvalue weighted by Crippen LogP contribution is -2.21. The lowest BCUT2D eigenvalue weighted by atomic mass is 9.76. The van der Waals surface area contributed by atoms with Crippen LogP contribution < -0.4 is 0 Å². The molecule has 0 saturated heterocycles. The van der Waals surface area contributed by atoms with Gasteiger partial charge in [0.1, 0.15) is 0 Å². The molecule has 0 fully saturated rings. The molecule has 1 rings (SSSR count). The Morgan fingerprint density at radius 1 is 0.938 bits per heavy atom. The third-order valence-electron chi connectivity index (χ3n) is 3.28. The summed E-state index contributed by atoms with van der Waals surface area (Å²) in [6.45, 7) is 18.9. The van der Waals surface area contributed by atoms with E-state index in [1.54, 1.807) is 16.3 Å². The van der Waals surface area contributed by atoms with Gasteiger partial charge in [0.05, 0.1) is 8.80 Å². The van der Waals surface area contributed by atoms with E-state index in [1.165, 1.54) is 6.42 Å². The SMILES string of the molecule is C[Si](C)C1=CCC(C(C)(C)C)=C1C(C)(C)C. The molecule has 0 unspecified atom stereocenters. The summed E-state index contributed by atoms with van der Waals surface area (Å²) in [6.07, 6.45) is 3.68. The predicted molar refractivity (Wildman–Crippen MR) is 76.1 cm³/mol. The van der Waals surface area contributed by atoms with Crippen LogP contribution in [0.25, 0.3) is 0 Å². The average molecular weight is 235 g/mol. The first kappa shape index (κ1) is 13.8. The van der Waals surface area contributed by atoms with E-state index in [4.69, 9.17) is 0 Å². The van der Waals surface area contributed by atoms with Crippen molar-refractivity contribution in [1.29, 1.82) is 0 Å². The van der Waals surface area contributed by atoms with E-state index in [0.717, 1.165) is 0 Å². The molecule has 0 amide bonds. The zero-order valence-corrected chi connectivity index (χ0v) is 13.3. The summed E-state index contributed by atoms with van der Waals surface area (Å²) in [5.74, 6) is 0. The van der Waals surface area contributed by atoms with Gasteiger partial charge in [-0.15, -0.1) is 0 Å². The highest BCUT2D eigenvalue weighted by Gasteiger charge is 2.33. The highest BCUT2D eigenvalue weighted by molar-refractivity contribution is 6.65. The molecule has 0 aromatic carbocycles. The summed E-state index contributed by atoms with van der Waals surface area (Å²) in [4.78, 5) is 0. The van der Waals surface area contributed by atoms with Crippen LogP contribution in [0.1, 0.15) is 48.0 Å². The summed E-state index contributed by atoms with van der Waals surface area (Å²) >= 11 is 0. The van der Waals surface area contributed by atoms with Crippen molar-refractivity contribution in [2.45, 2.75) is 61.1 Å². The summed E-state index contributed by atoms with van der Waals surface area (Å²) in [7, 11) is -0.332. The fraction of sp³-hybridized carbons (Fsp3) is 0.733. The van der Waals surface area contributed by atoms with Crippen molar-refractivity contribution in [2.24, 2.45) is 10.8 Å². The van der Waals surface area contributed by atoms with Crippen LogP contribution in [0.3, 0.4) is 0 Å². The van der Waals surface area contributed by atoms with Crippen molar-refractivity contribution in [3.8, 4) is 0 Å². The van der Waals surface area contributed by atoms with Crippen LogP contribution in [-0.4, -0.2) is 8.80 Å². The summed E-state index contributed by atoms with van der Waals surface area (Å²) in [6, 6.07) is 0. The standard InChI is InChI=1S/C15H27Si/c1-14(2,3)11-9-10-12(16(7)8)13(11)15(4,5)6/h10H,9H2,1-8H3. The molecule has 91 valence electrons. The van der Waals surface area contributed by atoms with Crippen molar-refractivity contribution in [1.82, 2.24) is 0 Å². The molecule has 1 aliphatic carbocycles. The molecule has 0 saturated carbocycles. The molecular weight excluding hydrogens is 208 g/mol. The Morgan fingerprint density at radius 3 is 1.75 bits per heavy atom. The zero-order valence-electron chi connectivity index (χ0n) is 12.3. The van der Waals surface area contributed by atoms with Gasteiger partial charge in [-0.25, -0.2) is 0 Å². The number of allylic oxidation sites excluding steroid dienone is 4. The Balaban J connectivity index is 3.29. The monoisotopic (exact) mass is 235 g/mol. The van der Waals surface area contributed by atoms with Crippen molar-refractivity contribution < 1.29 is 0 Å². The van der Waals surface area contributed by atoms with Crippen LogP contribution in [-0.2, 0) is 0 Å². The van der Waals surface area contributed by atoms with Crippen molar-refractivity contribution in [3.05, 3.63) is 22.4 Å². The Labute approximate surface area is 103 Å². The lowest BCUT2D eigenvalue weighted by molar-refractivity contribution is 0.451. The first-order valence-corrected chi connectivity index (χ1v) is 8.80. The molecule has 0 atom stereocenters. The van der Waals surface area contributed by atoms with Crippen LogP contribution in [0.5, 0.6) is 0 Å². The van der Waals surface area contributed by atoms with Crippen LogP contribution in [0, 0.1) is 10.8 Å². The largest absolute Gasteiger partial charge is 0.0811 e. The fourth-order valence-electron chi connectivity index (χ4n) is 2.56. The molecule has 16 heavy (non-hydrogen) atoms. The molecule has 0 aromatic rings.